The molecule has 0 aliphatic rings. The van der Waals surface area contributed by atoms with Gasteiger partial charge in [0.2, 0.25) is 0 Å². The molecule has 0 heterocycles. The topological polar surface area (TPSA) is 6.48 Å². The molecule has 0 saturated heterocycles. The second-order valence-corrected chi connectivity index (χ2v) is 9.34. The van der Waals surface area contributed by atoms with Gasteiger partial charge in [-0.05, 0) is 79.7 Å². The summed E-state index contributed by atoms with van der Waals surface area (Å²) in [6, 6.07) is 6.56. The Morgan fingerprint density at radius 2 is 1.08 bits per heavy atom. The van der Waals surface area contributed by atoms with Gasteiger partial charge in [-0.2, -0.15) is 13.2 Å². The maximum absolute atomic E-state index is 12.8. The maximum Gasteiger partial charge on any atom is 0.416 e. The first-order valence-electron chi connectivity index (χ1n) is 9.16. The summed E-state index contributed by atoms with van der Waals surface area (Å²) in [5.74, 6) is 0. The van der Waals surface area contributed by atoms with Crippen LogP contribution in [0.1, 0.15) is 66.5 Å². The van der Waals surface area contributed by atoms with Crippen molar-refractivity contribution < 1.29 is 13.2 Å². The number of alkyl halides is 3. The van der Waals surface area contributed by atoms with Crippen LogP contribution < -0.4 is 0 Å². The normalized spacial score (nSPS) is 12.8. The van der Waals surface area contributed by atoms with E-state index < -0.39 is 19.4 Å². The van der Waals surface area contributed by atoms with Crippen molar-refractivity contribution in [1.82, 2.24) is 9.34 Å². The van der Waals surface area contributed by atoms with E-state index in [4.69, 9.17) is 0 Å². The molecule has 0 spiro atoms. The summed E-state index contributed by atoms with van der Waals surface area (Å²) >= 11 is 0. The smallest absolute Gasteiger partial charge is 0.241 e. The molecule has 6 heteroatoms. The first-order valence-corrected chi connectivity index (χ1v) is 10.4. The Bertz CT molecular complexity index is 610. The van der Waals surface area contributed by atoms with E-state index in [0.29, 0.717) is 29.7 Å². The van der Waals surface area contributed by atoms with E-state index in [1.54, 1.807) is 0 Å². The zero-order valence-electron chi connectivity index (χ0n) is 17.1. The molecule has 0 saturated carbocycles. The van der Waals surface area contributed by atoms with Gasteiger partial charge >= 0.3 is 6.18 Å². The summed E-state index contributed by atoms with van der Waals surface area (Å²) < 4.78 is 43.3. The van der Waals surface area contributed by atoms with Crippen LogP contribution in [0.25, 0.3) is 0 Å². The van der Waals surface area contributed by atoms with E-state index >= 15 is 0 Å². The van der Waals surface area contributed by atoms with Gasteiger partial charge in [0.05, 0.1) is 5.56 Å². The number of hydrogen-bond acceptors (Lipinski definition) is 2. The predicted molar refractivity (Wildman–Crippen MR) is 106 cm³/mol. The molecule has 0 radical (unpaired) electrons. The summed E-state index contributed by atoms with van der Waals surface area (Å²) in [6.45, 7) is 17.2. The van der Waals surface area contributed by atoms with Crippen LogP contribution in [0.15, 0.2) is 24.3 Å². The quantitative estimate of drug-likeness (QED) is 0.539. The Balaban J connectivity index is 3.53. The van der Waals surface area contributed by atoms with Crippen molar-refractivity contribution in [2.24, 2.45) is 0 Å². The largest absolute Gasteiger partial charge is 0.416 e. The van der Waals surface area contributed by atoms with Crippen LogP contribution in [0.4, 0.5) is 13.2 Å². The van der Waals surface area contributed by atoms with Crippen LogP contribution in [-0.2, 0) is 6.18 Å². The zero-order valence-corrected chi connectivity index (χ0v) is 18.0. The van der Waals surface area contributed by atoms with Gasteiger partial charge in [0.25, 0.3) is 0 Å². The summed E-state index contributed by atoms with van der Waals surface area (Å²) in [5.41, 5.74) is 3.62. The zero-order chi connectivity index (χ0) is 20.2. The summed E-state index contributed by atoms with van der Waals surface area (Å²) in [7, 11) is -0.924. The minimum absolute atomic E-state index is 0.308. The molecule has 0 aliphatic carbocycles. The molecule has 0 unspecified atom stereocenters. The number of halogens is 3. The van der Waals surface area contributed by atoms with E-state index in [9.17, 15) is 13.2 Å². The molecule has 0 aliphatic heterocycles. The number of hydrogen-bond donors (Lipinski definition) is 0. The summed E-state index contributed by atoms with van der Waals surface area (Å²) in [5, 5.41) is 0. The van der Waals surface area contributed by atoms with Gasteiger partial charge in [0.1, 0.15) is 0 Å². The lowest BCUT2D eigenvalue weighted by Gasteiger charge is -2.40. The third-order valence-electron chi connectivity index (χ3n) is 4.00. The highest BCUT2D eigenvalue weighted by molar-refractivity contribution is 7.42. The molecular weight excluding hydrogens is 356 g/mol. The van der Waals surface area contributed by atoms with E-state index in [1.807, 2.05) is 0 Å². The Kier molecular flexibility index (Phi) is 8.23. The molecule has 0 N–H and O–H groups in total. The third-order valence-corrected chi connectivity index (χ3v) is 7.18. The molecular formula is C20H32F3N2P. The molecule has 1 rings (SSSR count). The number of benzene rings is 1. The van der Waals surface area contributed by atoms with Crippen molar-refractivity contribution >= 4 is 7.68 Å². The minimum Gasteiger partial charge on any atom is -0.241 e. The fourth-order valence-corrected chi connectivity index (χ4v) is 5.75. The van der Waals surface area contributed by atoms with Crippen LogP contribution in [0.3, 0.4) is 0 Å². The highest BCUT2D eigenvalue weighted by Gasteiger charge is 2.30. The predicted octanol–water partition coefficient (Wildman–Crippen LogP) is 6.56. The Hall–Kier alpha value is -0.990. The summed E-state index contributed by atoms with van der Waals surface area (Å²) in [6.07, 6.45) is -4.31. The van der Waals surface area contributed by atoms with E-state index in [1.165, 1.54) is 12.1 Å². The average molecular weight is 388 g/mol. The van der Waals surface area contributed by atoms with Gasteiger partial charge in [0, 0.05) is 37.4 Å². The second kappa shape index (κ2) is 9.28. The summed E-state index contributed by atoms with van der Waals surface area (Å²) in [4.78, 5) is 0. The first-order chi connectivity index (χ1) is 11.9. The van der Waals surface area contributed by atoms with Crippen LogP contribution in [0, 0.1) is 5.63 Å². The van der Waals surface area contributed by atoms with Crippen molar-refractivity contribution in [3.63, 3.8) is 0 Å². The highest BCUT2D eigenvalue weighted by Crippen LogP contribution is 2.39. The van der Waals surface area contributed by atoms with Crippen molar-refractivity contribution in [3.05, 3.63) is 35.4 Å². The lowest BCUT2D eigenvalue weighted by atomic mass is 10.1. The van der Waals surface area contributed by atoms with Gasteiger partial charge in [-0.3, -0.25) is 0 Å². The van der Waals surface area contributed by atoms with Gasteiger partial charge in [-0.25, -0.2) is 9.34 Å². The van der Waals surface area contributed by atoms with E-state index in [-0.39, 0.29) is 0 Å². The van der Waals surface area contributed by atoms with Gasteiger partial charge < -0.3 is 0 Å². The SMILES string of the molecule is CC(C)N(C(C)C)P(#Cc1ccc(C(F)(F)F)cc1)N(C(C)C)C(C)C. The monoisotopic (exact) mass is 388 g/mol. The Morgan fingerprint density at radius 3 is 1.35 bits per heavy atom. The van der Waals surface area contributed by atoms with Crippen molar-refractivity contribution in [1.29, 1.82) is 0 Å². The molecule has 0 aromatic heterocycles. The van der Waals surface area contributed by atoms with E-state index in [2.05, 4.69) is 70.4 Å². The molecule has 2 nitrogen and oxygen atoms in total. The first kappa shape index (κ1) is 23.0. The molecule has 0 fully saturated rings. The number of nitrogens with zero attached hydrogens (tertiary/aromatic N) is 2. The van der Waals surface area contributed by atoms with Gasteiger partial charge in [0.15, 0.2) is 0 Å². The lowest BCUT2D eigenvalue weighted by Crippen LogP contribution is -2.39. The molecule has 1 aromatic carbocycles. The molecule has 26 heavy (non-hydrogen) atoms. The maximum atomic E-state index is 12.8. The lowest BCUT2D eigenvalue weighted by molar-refractivity contribution is -0.137. The molecule has 148 valence electrons. The minimum atomic E-state index is -4.31. The molecule has 0 bridgehead atoms. The van der Waals surface area contributed by atoms with Crippen LogP contribution in [0.2, 0.25) is 0 Å². The van der Waals surface area contributed by atoms with E-state index in [0.717, 1.165) is 12.1 Å². The standard InChI is InChI=1S/C20H32F3N2P/c1-14(2)24(15(3)4)26(25(16(5)6)17(7)8)13-18-9-11-19(12-10-18)20(21,22)23/h9-12,14-17H,1-8H3. The van der Waals surface area contributed by atoms with Gasteiger partial charge in [-0.1, -0.05) is 5.63 Å². The van der Waals surface area contributed by atoms with Crippen molar-refractivity contribution in [2.75, 3.05) is 0 Å². The molecule has 0 amide bonds. The van der Waals surface area contributed by atoms with Crippen LogP contribution in [0.5, 0.6) is 0 Å². The van der Waals surface area contributed by atoms with Crippen LogP contribution in [-0.4, -0.2) is 33.5 Å². The van der Waals surface area contributed by atoms with Crippen molar-refractivity contribution in [2.45, 2.75) is 85.7 Å². The fraction of sp³-hybridized carbons (Fsp3) is 0.650. The number of rotatable bonds is 4. The average Bonchev–Trinajstić information content (AvgIpc) is 2.45. The molecule has 0 atom stereocenters. The Labute approximate surface area is 157 Å². The van der Waals surface area contributed by atoms with Gasteiger partial charge in [-0.15, -0.1) is 0 Å². The van der Waals surface area contributed by atoms with Crippen LogP contribution >= 0.6 is 7.68 Å². The Morgan fingerprint density at radius 1 is 0.731 bits per heavy atom. The third kappa shape index (κ3) is 6.03. The highest BCUT2D eigenvalue weighted by atomic mass is 31.1. The second-order valence-electron chi connectivity index (χ2n) is 7.61. The van der Waals surface area contributed by atoms with Crippen molar-refractivity contribution in [3.8, 4) is 5.63 Å². The molecule has 1 aromatic rings. The fourth-order valence-electron chi connectivity index (χ4n) is 3.15.